The highest BCUT2D eigenvalue weighted by Crippen LogP contribution is 2.03. The Morgan fingerprint density at radius 2 is 1.76 bits per heavy atom. The van der Waals surface area contributed by atoms with E-state index in [-0.39, 0.29) is 18.0 Å². The monoisotopic (exact) mass is 243 g/mol. The quantitative estimate of drug-likeness (QED) is 0.728. The normalized spacial score (nSPS) is 18.8. The standard InChI is InChI=1S/C11H21N3O3/c1-8(2)12-11(16)13-10(15)9(3)14-4-6-17-7-5-14/h8-9H,4-7H2,1-3H3,(H2,12,13,15,16)/t9-/m1/s1. The number of morpholine rings is 1. The van der Waals surface area contributed by atoms with Gasteiger partial charge in [-0.3, -0.25) is 15.0 Å². The number of urea groups is 1. The molecule has 6 heteroatoms. The van der Waals surface area contributed by atoms with Crippen LogP contribution in [-0.4, -0.2) is 55.2 Å². The Bertz CT molecular complexity index is 275. The van der Waals surface area contributed by atoms with Crippen LogP contribution in [0.15, 0.2) is 0 Å². The molecule has 1 aliphatic heterocycles. The van der Waals surface area contributed by atoms with Crippen LogP contribution in [0.2, 0.25) is 0 Å². The highest BCUT2D eigenvalue weighted by Gasteiger charge is 2.24. The predicted molar refractivity (Wildman–Crippen MR) is 63.7 cm³/mol. The summed E-state index contributed by atoms with van der Waals surface area (Å²) in [7, 11) is 0. The summed E-state index contributed by atoms with van der Waals surface area (Å²) in [6.07, 6.45) is 0. The third-order valence-electron chi connectivity index (χ3n) is 2.63. The highest BCUT2D eigenvalue weighted by molar-refractivity contribution is 5.96. The van der Waals surface area contributed by atoms with Crippen LogP contribution in [0.4, 0.5) is 4.79 Å². The third kappa shape index (κ3) is 4.70. The maximum atomic E-state index is 11.8. The molecule has 0 radical (unpaired) electrons. The molecule has 1 heterocycles. The van der Waals surface area contributed by atoms with Gasteiger partial charge in [-0.15, -0.1) is 0 Å². The molecular formula is C11H21N3O3. The maximum Gasteiger partial charge on any atom is 0.321 e. The number of nitrogens with one attached hydrogen (secondary N) is 2. The summed E-state index contributed by atoms with van der Waals surface area (Å²) in [6, 6.07) is -0.733. The molecule has 1 aliphatic rings. The molecule has 1 atom stereocenters. The van der Waals surface area contributed by atoms with Crippen molar-refractivity contribution in [1.29, 1.82) is 0 Å². The molecule has 6 nitrogen and oxygen atoms in total. The zero-order valence-corrected chi connectivity index (χ0v) is 10.7. The fourth-order valence-electron chi connectivity index (χ4n) is 1.65. The molecule has 0 bridgehead atoms. The van der Waals surface area contributed by atoms with Gasteiger partial charge in [-0.2, -0.15) is 0 Å². The minimum absolute atomic E-state index is 0.0153. The zero-order chi connectivity index (χ0) is 12.8. The van der Waals surface area contributed by atoms with Gasteiger partial charge < -0.3 is 10.1 Å². The maximum absolute atomic E-state index is 11.8. The number of rotatable bonds is 3. The molecule has 1 fully saturated rings. The van der Waals surface area contributed by atoms with Gasteiger partial charge in [-0.25, -0.2) is 4.79 Å². The average Bonchev–Trinajstić information content (AvgIpc) is 2.28. The smallest absolute Gasteiger partial charge is 0.321 e. The number of nitrogens with zero attached hydrogens (tertiary/aromatic N) is 1. The number of carbonyl (C=O) groups is 2. The van der Waals surface area contributed by atoms with Gasteiger partial charge in [0.2, 0.25) is 5.91 Å². The van der Waals surface area contributed by atoms with Crippen molar-refractivity contribution in [1.82, 2.24) is 15.5 Å². The lowest BCUT2D eigenvalue weighted by Gasteiger charge is -2.31. The number of carbonyl (C=O) groups excluding carboxylic acids is 2. The van der Waals surface area contributed by atoms with Crippen LogP contribution in [0.5, 0.6) is 0 Å². The fourth-order valence-corrected chi connectivity index (χ4v) is 1.65. The van der Waals surface area contributed by atoms with Gasteiger partial charge in [0.05, 0.1) is 19.3 Å². The van der Waals surface area contributed by atoms with E-state index in [4.69, 9.17) is 4.74 Å². The molecule has 0 saturated carbocycles. The van der Waals surface area contributed by atoms with Crippen LogP contribution in [0.3, 0.4) is 0 Å². The van der Waals surface area contributed by atoms with Gasteiger partial charge in [-0.1, -0.05) is 0 Å². The van der Waals surface area contributed by atoms with Gasteiger partial charge in [0.15, 0.2) is 0 Å². The lowest BCUT2D eigenvalue weighted by atomic mass is 10.2. The third-order valence-corrected chi connectivity index (χ3v) is 2.63. The van der Waals surface area contributed by atoms with Gasteiger partial charge in [0.25, 0.3) is 0 Å². The molecular weight excluding hydrogens is 222 g/mol. The molecule has 1 saturated heterocycles. The van der Waals surface area contributed by atoms with E-state index < -0.39 is 6.03 Å². The van der Waals surface area contributed by atoms with Crippen LogP contribution < -0.4 is 10.6 Å². The van der Waals surface area contributed by atoms with Crippen molar-refractivity contribution >= 4 is 11.9 Å². The van der Waals surface area contributed by atoms with Crippen LogP contribution in [0.1, 0.15) is 20.8 Å². The molecule has 0 aromatic carbocycles. The minimum atomic E-state index is -0.440. The van der Waals surface area contributed by atoms with E-state index in [9.17, 15) is 9.59 Å². The number of amides is 3. The number of hydrogen-bond acceptors (Lipinski definition) is 4. The lowest BCUT2D eigenvalue weighted by Crippen LogP contribution is -2.53. The van der Waals surface area contributed by atoms with Crippen LogP contribution >= 0.6 is 0 Å². The molecule has 0 spiro atoms. The highest BCUT2D eigenvalue weighted by atomic mass is 16.5. The summed E-state index contributed by atoms with van der Waals surface area (Å²) >= 11 is 0. The first-order chi connectivity index (χ1) is 8.00. The van der Waals surface area contributed by atoms with Gasteiger partial charge >= 0.3 is 6.03 Å². The average molecular weight is 243 g/mol. The Balaban J connectivity index is 2.37. The van der Waals surface area contributed by atoms with Crippen molar-refractivity contribution in [2.24, 2.45) is 0 Å². The Morgan fingerprint density at radius 3 is 2.29 bits per heavy atom. The number of ether oxygens (including phenoxy) is 1. The first kappa shape index (κ1) is 13.9. The van der Waals surface area contributed by atoms with Crippen LogP contribution in [-0.2, 0) is 9.53 Å². The summed E-state index contributed by atoms with van der Waals surface area (Å²) in [6.45, 7) is 8.20. The predicted octanol–water partition coefficient (Wildman–Crippen LogP) is -0.0587. The fraction of sp³-hybridized carbons (Fsp3) is 0.818. The second kappa shape index (κ2) is 6.56. The second-order valence-electron chi connectivity index (χ2n) is 4.44. The molecule has 1 rings (SSSR count). The molecule has 98 valence electrons. The van der Waals surface area contributed by atoms with Gasteiger partial charge in [-0.05, 0) is 20.8 Å². The zero-order valence-electron chi connectivity index (χ0n) is 10.7. The Labute approximate surface area is 102 Å². The van der Waals surface area contributed by atoms with E-state index >= 15 is 0 Å². The molecule has 0 aromatic rings. The van der Waals surface area contributed by atoms with Crippen molar-refractivity contribution < 1.29 is 14.3 Å². The largest absolute Gasteiger partial charge is 0.379 e. The first-order valence-corrected chi connectivity index (χ1v) is 5.94. The van der Waals surface area contributed by atoms with E-state index in [0.29, 0.717) is 13.2 Å². The molecule has 0 aromatic heterocycles. The molecule has 2 N–H and O–H groups in total. The molecule has 17 heavy (non-hydrogen) atoms. The van der Waals surface area contributed by atoms with Crippen LogP contribution in [0.25, 0.3) is 0 Å². The Morgan fingerprint density at radius 1 is 1.18 bits per heavy atom. The summed E-state index contributed by atoms with van der Waals surface area (Å²) in [5, 5.41) is 4.95. The van der Waals surface area contributed by atoms with Gasteiger partial charge in [0.1, 0.15) is 0 Å². The van der Waals surface area contributed by atoms with E-state index in [2.05, 4.69) is 10.6 Å². The van der Waals surface area contributed by atoms with E-state index in [1.165, 1.54) is 0 Å². The Hall–Kier alpha value is -1.14. The van der Waals surface area contributed by atoms with Crippen molar-refractivity contribution in [2.75, 3.05) is 26.3 Å². The topological polar surface area (TPSA) is 70.7 Å². The molecule has 3 amide bonds. The summed E-state index contributed by atoms with van der Waals surface area (Å²) < 4.78 is 5.21. The summed E-state index contributed by atoms with van der Waals surface area (Å²) in [5.41, 5.74) is 0. The number of hydrogen-bond donors (Lipinski definition) is 2. The SMILES string of the molecule is CC(C)NC(=O)NC(=O)[C@@H](C)N1CCOCC1. The second-order valence-corrected chi connectivity index (χ2v) is 4.44. The van der Waals surface area contributed by atoms with Crippen LogP contribution in [0, 0.1) is 0 Å². The minimum Gasteiger partial charge on any atom is -0.379 e. The summed E-state index contributed by atoms with van der Waals surface area (Å²) in [5.74, 6) is -0.273. The van der Waals surface area contributed by atoms with Crippen molar-refractivity contribution in [3.05, 3.63) is 0 Å². The van der Waals surface area contributed by atoms with Crippen molar-refractivity contribution in [2.45, 2.75) is 32.9 Å². The van der Waals surface area contributed by atoms with Crippen molar-refractivity contribution in [3.63, 3.8) is 0 Å². The lowest BCUT2D eigenvalue weighted by molar-refractivity contribution is -0.126. The molecule has 0 aliphatic carbocycles. The number of imide groups is 1. The van der Waals surface area contributed by atoms with Gasteiger partial charge in [0, 0.05) is 19.1 Å². The molecule has 0 unspecified atom stereocenters. The van der Waals surface area contributed by atoms with E-state index in [1.807, 2.05) is 18.7 Å². The Kier molecular flexibility index (Phi) is 5.37. The van der Waals surface area contributed by atoms with E-state index in [1.54, 1.807) is 6.92 Å². The van der Waals surface area contributed by atoms with Crippen molar-refractivity contribution in [3.8, 4) is 0 Å². The summed E-state index contributed by atoms with van der Waals surface area (Å²) in [4.78, 5) is 25.1. The first-order valence-electron chi connectivity index (χ1n) is 5.94. The van der Waals surface area contributed by atoms with E-state index in [0.717, 1.165) is 13.1 Å².